The summed E-state index contributed by atoms with van der Waals surface area (Å²) in [6.07, 6.45) is 2.60. The molecule has 0 spiro atoms. The first-order valence-corrected chi connectivity index (χ1v) is 8.03. The molecule has 1 fully saturated rings. The third-order valence-electron chi connectivity index (χ3n) is 2.60. The topological polar surface area (TPSA) is 46.2 Å². The van der Waals surface area contributed by atoms with E-state index in [9.17, 15) is 8.42 Å². The average Bonchev–Trinajstić information content (AvgIpc) is 2.81. The van der Waals surface area contributed by atoms with E-state index in [4.69, 9.17) is 0 Å². The molecular weight excluding hydrogens is 278 g/mol. The average molecular weight is 298 g/mol. The summed E-state index contributed by atoms with van der Waals surface area (Å²) < 4.78 is 26.3. The lowest BCUT2D eigenvalue weighted by Crippen LogP contribution is -2.40. The number of rotatable bonds is 5. The first kappa shape index (κ1) is 13.5. The molecule has 0 bridgehead atoms. The third-order valence-corrected chi connectivity index (χ3v) is 5.16. The fourth-order valence-corrected chi connectivity index (χ4v) is 4.04. The maximum absolute atomic E-state index is 11.8. The van der Waals surface area contributed by atoms with Gasteiger partial charge in [0.05, 0.1) is 5.75 Å². The third kappa shape index (κ3) is 4.83. The highest BCUT2D eigenvalue weighted by Gasteiger charge is 2.44. The van der Waals surface area contributed by atoms with Gasteiger partial charge in [0, 0.05) is 10.9 Å². The number of halogens is 1. The van der Waals surface area contributed by atoms with Gasteiger partial charge in [-0.2, -0.15) is 0 Å². The molecule has 1 aliphatic rings. The molecule has 0 heterocycles. The van der Waals surface area contributed by atoms with Gasteiger partial charge >= 0.3 is 0 Å². The highest BCUT2D eigenvalue weighted by atomic mass is 79.9. The summed E-state index contributed by atoms with van der Waals surface area (Å²) in [7, 11) is -3.10. The maximum Gasteiger partial charge on any atom is 0.212 e. The Labute approximate surface area is 101 Å². The van der Waals surface area contributed by atoms with Crippen LogP contribution in [0.2, 0.25) is 0 Å². The summed E-state index contributed by atoms with van der Waals surface area (Å²) in [6, 6.07) is 0. The first-order chi connectivity index (χ1) is 6.68. The van der Waals surface area contributed by atoms with Gasteiger partial charge in [0.1, 0.15) is 0 Å². The van der Waals surface area contributed by atoms with Crippen molar-refractivity contribution >= 4 is 26.0 Å². The number of sulfonamides is 1. The molecule has 0 saturated heterocycles. The van der Waals surface area contributed by atoms with E-state index in [1.807, 2.05) is 0 Å². The Morgan fingerprint density at radius 2 is 1.87 bits per heavy atom. The SMILES string of the molecule is CC(C)(C)CCS(=O)(=O)NC1(CBr)CC1. The van der Waals surface area contributed by atoms with Crippen LogP contribution in [0.5, 0.6) is 0 Å². The molecular formula is C10H20BrNO2S. The second kappa shape index (κ2) is 4.34. The van der Waals surface area contributed by atoms with Crippen LogP contribution in [-0.4, -0.2) is 25.0 Å². The summed E-state index contributed by atoms with van der Waals surface area (Å²) in [5.41, 5.74) is -0.101. The van der Waals surface area contributed by atoms with E-state index in [0.717, 1.165) is 18.2 Å². The minimum Gasteiger partial charge on any atom is -0.212 e. The number of alkyl halides is 1. The molecule has 15 heavy (non-hydrogen) atoms. The van der Waals surface area contributed by atoms with Crippen molar-refractivity contribution in [3.63, 3.8) is 0 Å². The van der Waals surface area contributed by atoms with Crippen LogP contribution in [0.1, 0.15) is 40.0 Å². The molecule has 1 aliphatic carbocycles. The normalized spacial score (nSPS) is 20.3. The Kier molecular flexibility index (Phi) is 3.89. The van der Waals surface area contributed by atoms with Crippen molar-refractivity contribution in [3.8, 4) is 0 Å². The van der Waals surface area contributed by atoms with Crippen molar-refractivity contribution in [1.82, 2.24) is 4.72 Å². The monoisotopic (exact) mass is 297 g/mol. The minimum absolute atomic E-state index is 0.0693. The van der Waals surface area contributed by atoms with E-state index in [-0.39, 0.29) is 16.7 Å². The predicted octanol–water partition coefficient (Wildman–Crippen LogP) is 2.27. The molecule has 0 unspecified atom stereocenters. The summed E-state index contributed by atoms with van der Waals surface area (Å²) in [5.74, 6) is 0.227. The molecule has 0 aromatic carbocycles. The Balaban J connectivity index is 2.46. The lowest BCUT2D eigenvalue weighted by molar-refractivity contribution is 0.395. The van der Waals surface area contributed by atoms with Crippen molar-refractivity contribution in [1.29, 1.82) is 0 Å². The van der Waals surface area contributed by atoms with Crippen molar-refractivity contribution in [2.75, 3.05) is 11.1 Å². The van der Waals surface area contributed by atoms with Crippen LogP contribution in [0.25, 0.3) is 0 Å². The summed E-state index contributed by atoms with van der Waals surface area (Å²) >= 11 is 3.35. The lowest BCUT2D eigenvalue weighted by Gasteiger charge is -2.20. The molecule has 3 nitrogen and oxygen atoms in total. The van der Waals surface area contributed by atoms with Crippen molar-refractivity contribution in [2.24, 2.45) is 5.41 Å². The van der Waals surface area contributed by atoms with Crippen LogP contribution in [0.4, 0.5) is 0 Å². The smallest absolute Gasteiger partial charge is 0.212 e. The number of hydrogen-bond acceptors (Lipinski definition) is 2. The van der Waals surface area contributed by atoms with Crippen LogP contribution in [0.3, 0.4) is 0 Å². The number of hydrogen-bond donors (Lipinski definition) is 1. The largest absolute Gasteiger partial charge is 0.212 e. The predicted molar refractivity (Wildman–Crippen MR) is 66.8 cm³/mol. The van der Waals surface area contributed by atoms with Gasteiger partial charge in [-0.05, 0) is 24.7 Å². The molecule has 1 rings (SSSR count). The fourth-order valence-electron chi connectivity index (χ4n) is 1.24. The highest BCUT2D eigenvalue weighted by Crippen LogP contribution is 2.37. The first-order valence-electron chi connectivity index (χ1n) is 5.26. The van der Waals surface area contributed by atoms with Gasteiger partial charge in [-0.15, -0.1) is 0 Å². The zero-order valence-corrected chi connectivity index (χ0v) is 12.0. The molecule has 0 radical (unpaired) electrons. The molecule has 1 saturated carbocycles. The fraction of sp³-hybridized carbons (Fsp3) is 1.00. The molecule has 90 valence electrons. The van der Waals surface area contributed by atoms with E-state index in [0.29, 0.717) is 6.42 Å². The quantitative estimate of drug-likeness (QED) is 0.791. The standard InChI is InChI=1S/C10H20BrNO2S/c1-9(2,3)6-7-15(13,14)12-10(8-11)4-5-10/h12H,4-8H2,1-3H3. The molecule has 0 aromatic rings. The Morgan fingerprint density at radius 3 is 2.20 bits per heavy atom. The minimum atomic E-state index is -3.10. The van der Waals surface area contributed by atoms with E-state index in [1.165, 1.54) is 0 Å². The second-order valence-electron chi connectivity index (χ2n) is 5.65. The van der Waals surface area contributed by atoms with Crippen LogP contribution >= 0.6 is 15.9 Å². The van der Waals surface area contributed by atoms with Gasteiger partial charge in [-0.1, -0.05) is 36.7 Å². The van der Waals surface area contributed by atoms with E-state index < -0.39 is 10.0 Å². The van der Waals surface area contributed by atoms with Gasteiger partial charge < -0.3 is 0 Å². The highest BCUT2D eigenvalue weighted by molar-refractivity contribution is 9.09. The lowest BCUT2D eigenvalue weighted by atomic mass is 9.94. The summed E-state index contributed by atoms with van der Waals surface area (Å²) in [5, 5.41) is 0.717. The molecule has 1 N–H and O–H groups in total. The maximum atomic E-state index is 11.8. The van der Waals surface area contributed by atoms with Crippen molar-refractivity contribution in [3.05, 3.63) is 0 Å². The Morgan fingerprint density at radius 1 is 1.33 bits per heavy atom. The van der Waals surface area contributed by atoms with Gasteiger partial charge in [-0.3, -0.25) is 0 Å². The molecule has 5 heteroatoms. The van der Waals surface area contributed by atoms with Crippen LogP contribution in [-0.2, 0) is 10.0 Å². The second-order valence-corrected chi connectivity index (χ2v) is 8.05. The zero-order valence-electron chi connectivity index (χ0n) is 9.64. The van der Waals surface area contributed by atoms with E-state index in [2.05, 4.69) is 41.4 Å². The Hall–Kier alpha value is 0.390. The molecule has 0 aliphatic heterocycles. The van der Waals surface area contributed by atoms with Crippen molar-refractivity contribution in [2.45, 2.75) is 45.6 Å². The summed E-state index contributed by atoms with van der Waals surface area (Å²) in [6.45, 7) is 6.17. The van der Waals surface area contributed by atoms with Gasteiger partial charge in [-0.25, -0.2) is 13.1 Å². The Bertz CT molecular complexity index is 315. The van der Waals surface area contributed by atoms with Crippen molar-refractivity contribution < 1.29 is 8.42 Å². The number of nitrogens with one attached hydrogen (secondary N) is 1. The van der Waals surface area contributed by atoms with Gasteiger partial charge in [0.25, 0.3) is 0 Å². The van der Waals surface area contributed by atoms with Crippen LogP contribution in [0.15, 0.2) is 0 Å². The zero-order chi connectivity index (χ0) is 11.7. The van der Waals surface area contributed by atoms with Crippen LogP contribution in [0, 0.1) is 5.41 Å². The van der Waals surface area contributed by atoms with Gasteiger partial charge in [0.15, 0.2) is 0 Å². The van der Waals surface area contributed by atoms with E-state index >= 15 is 0 Å². The van der Waals surface area contributed by atoms with Gasteiger partial charge in [0.2, 0.25) is 10.0 Å². The van der Waals surface area contributed by atoms with E-state index in [1.54, 1.807) is 0 Å². The summed E-state index contributed by atoms with van der Waals surface area (Å²) in [4.78, 5) is 0. The molecule has 0 aromatic heterocycles. The molecule has 0 amide bonds. The van der Waals surface area contributed by atoms with Crippen LogP contribution < -0.4 is 4.72 Å². The molecule has 0 atom stereocenters.